The van der Waals surface area contributed by atoms with Crippen LogP contribution in [0.25, 0.3) is 0 Å². The van der Waals surface area contributed by atoms with E-state index in [1.54, 1.807) is 0 Å². The summed E-state index contributed by atoms with van der Waals surface area (Å²) in [5.74, 6) is -0.406. The molecule has 2 fully saturated rings. The van der Waals surface area contributed by atoms with Crippen molar-refractivity contribution in [1.82, 2.24) is 13.9 Å². The maximum absolute atomic E-state index is 12.2. The predicted octanol–water partition coefficient (Wildman–Crippen LogP) is -0.0575. The van der Waals surface area contributed by atoms with Crippen LogP contribution in [0.5, 0.6) is 0 Å². The molecular weight excluding hydrogens is 294 g/mol. The summed E-state index contributed by atoms with van der Waals surface area (Å²) in [6.07, 6.45) is 4.17. The van der Waals surface area contributed by atoms with Crippen molar-refractivity contribution < 1.29 is 17.9 Å². The van der Waals surface area contributed by atoms with Crippen LogP contribution in [0, 0.1) is 0 Å². The molecule has 21 heavy (non-hydrogen) atoms. The van der Waals surface area contributed by atoms with Gasteiger partial charge >= 0.3 is 5.97 Å². The first-order valence-corrected chi connectivity index (χ1v) is 8.91. The van der Waals surface area contributed by atoms with Crippen molar-refractivity contribution in [3.05, 3.63) is 0 Å². The molecule has 122 valence electrons. The number of fused-ring (bicyclic) bond motifs is 1. The van der Waals surface area contributed by atoms with Crippen molar-refractivity contribution in [2.24, 2.45) is 0 Å². The third-order valence-electron chi connectivity index (χ3n) is 4.40. The van der Waals surface area contributed by atoms with Crippen molar-refractivity contribution in [2.45, 2.75) is 44.2 Å². The largest absolute Gasteiger partial charge is 0.469 e. The van der Waals surface area contributed by atoms with E-state index in [1.807, 2.05) is 0 Å². The highest BCUT2D eigenvalue weighted by molar-refractivity contribution is 7.87. The number of nitrogens with zero attached hydrogens (tertiary/aromatic N) is 2. The van der Waals surface area contributed by atoms with Crippen LogP contribution in [0.2, 0.25) is 0 Å². The Hall–Kier alpha value is -0.700. The number of carbonyl (C=O) groups is 1. The second-order valence-corrected chi connectivity index (χ2v) is 7.63. The number of piperidine rings is 1. The van der Waals surface area contributed by atoms with E-state index in [9.17, 15) is 13.2 Å². The molecule has 1 N–H and O–H groups in total. The van der Waals surface area contributed by atoms with E-state index >= 15 is 0 Å². The molecule has 2 atom stereocenters. The maximum atomic E-state index is 12.2. The monoisotopic (exact) mass is 319 g/mol. The molecule has 0 spiro atoms. The van der Waals surface area contributed by atoms with Gasteiger partial charge in [0.2, 0.25) is 0 Å². The van der Waals surface area contributed by atoms with Crippen LogP contribution >= 0.6 is 0 Å². The van der Waals surface area contributed by atoms with Gasteiger partial charge in [0, 0.05) is 25.7 Å². The first-order valence-electron chi connectivity index (χ1n) is 7.47. The third kappa shape index (κ3) is 4.38. The Morgan fingerprint density at radius 3 is 2.86 bits per heavy atom. The van der Waals surface area contributed by atoms with Gasteiger partial charge in [-0.05, 0) is 38.8 Å². The van der Waals surface area contributed by atoms with E-state index in [2.05, 4.69) is 14.4 Å². The molecule has 0 radical (unpaired) electrons. The highest BCUT2D eigenvalue weighted by Gasteiger charge is 2.34. The molecule has 0 bridgehead atoms. The fourth-order valence-corrected chi connectivity index (χ4v) is 4.25. The summed E-state index contributed by atoms with van der Waals surface area (Å²) >= 11 is 0. The van der Waals surface area contributed by atoms with Crippen LogP contribution in [-0.2, 0) is 19.7 Å². The number of hydrogen-bond acceptors (Lipinski definition) is 5. The fourth-order valence-electron chi connectivity index (χ4n) is 3.10. The Bertz CT molecular complexity index is 468. The topological polar surface area (TPSA) is 78.9 Å². The fraction of sp³-hybridized carbons (Fsp3) is 0.923. The van der Waals surface area contributed by atoms with E-state index in [0.29, 0.717) is 6.04 Å². The number of ether oxygens (including phenoxy) is 1. The van der Waals surface area contributed by atoms with Gasteiger partial charge in [-0.1, -0.05) is 0 Å². The van der Waals surface area contributed by atoms with E-state index in [-0.39, 0.29) is 19.0 Å². The average Bonchev–Trinajstić information content (AvgIpc) is 2.91. The number of rotatable bonds is 6. The third-order valence-corrected chi connectivity index (χ3v) is 6.04. The van der Waals surface area contributed by atoms with Crippen molar-refractivity contribution in [2.75, 3.05) is 33.8 Å². The SMILES string of the molecule is COC(=O)CCN(C)S(=O)(=O)NC1CCN2CCCC2C1. The van der Waals surface area contributed by atoms with Crippen molar-refractivity contribution >= 4 is 16.2 Å². The second-order valence-electron chi connectivity index (χ2n) is 5.82. The summed E-state index contributed by atoms with van der Waals surface area (Å²) in [6.45, 7) is 2.23. The first kappa shape index (κ1) is 16.7. The highest BCUT2D eigenvalue weighted by Crippen LogP contribution is 2.27. The minimum Gasteiger partial charge on any atom is -0.469 e. The Morgan fingerprint density at radius 2 is 2.14 bits per heavy atom. The van der Waals surface area contributed by atoms with Crippen LogP contribution in [0.15, 0.2) is 0 Å². The quantitative estimate of drug-likeness (QED) is 0.694. The van der Waals surface area contributed by atoms with Crippen molar-refractivity contribution in [1.29, 1.82) is 0 Å². The number of hydrogen-bond donors (Lipinski definition) is 1. The van der Waals surface area contributed by atoms with Gasteiger partial charge in [-0.25, -0.2) is 0 Å². The Kier molecular flexibility index (Phi) is 5.59. The molecule has 2 aliphatic rings. The van der Waals surface area contributed by atoms with Gasteiger partial charge in [0.05, 0.1) is 13.5 Å². The zero-order chi connectivity index (χ0) is 15.5. The Morgan fingerprint density at radius 1 is 1.38 bits per heavy atom. The average molecular weight is 319 g/mol. The second kappa shape index (κ2) is 7.04. The first-order chi connectivity index (χ1) is 9.92. The van der Waals surface area contributed by atoms with E-state index < -0.39 is 16.2 Å². The van der Waals surface area contributed by atoms with Crippen LogP contribution < -0.4 is 4.72 Å². The summed E-state index contributed by atoms with van der Waals surface area (Å²) in [5, 5.41) is 0. The summed E-state index contributed by atoms with van der Waals surface area (Å²) in [4.78, 5) is 13.5. The lowest BCUT2D eigenvalue weighted by molar-refractivity contribution is -0.140. The molecule has 8 heteroatoms. The van der Waals surface area contributed by atoms with Gasteiger partial charge in [0.25, 0.3) is 10.2 Å². The Labute approximate surface area is 126 Å². The zero-order valence-electron chi connectivity index (χ0n) is 12.7. The lowest BCUT2D eigenvalue weighted by Gasteiger charge is -2.35. The molecule has 2 saturated heterocycles. The number of esters is 1. The summed E-state index contributed by atoms with van der Waals surface area (Å²) in [7, 11) is -0.757. The summed E-state index contributed by atoms with van der Waals surface area (Å²) in [6, 6.07) is 0.516. The zero-order valence-corrected chi connectivity index (χ0v) is 13.6. The van der Waals surface area contributed by atoms with Crippen molar-refractivity contribution in [3.63, 3.8) is 0 Å². The van der Waals surface area contributed by atoms with Crippen LogP contribution in [0.3, 0.4) is 0 Å². The van der Waals surface area contributed by atoms with Gasteiger partial charge in [-0.3, -0.25) is 4.79 Å². The lowest BCUT2D eigenvalue weighted by atomic mass is 9.99. The molecule has 0 aromatic rings. The molecule has 2 aliphatic heterocycles. The van der Waals surface area contributed by atoms with Gasteiger partial charge in [0.15, 0.2) is 0 Å². The molecule has 0 amide bonds. The molecule has 0 saturated carbocycles. The summed E-state index contributed by atoms with van der Waals surface area (Å²) in [5.41, 5.74) is 0. The van der Waals surface area contributed by atoms with Gasteiger partial charge < -0.3 is 9.64 Å². The van der Waals surface area contributed by atoms with Gasteiger partial charge in [-0.15, -0.1) is 0 Å². The minimum absolute atomic E-state index is 0.00470. The number of methoxy groups -OCH3 is 1. The van der Waals surface area contributed by atoms with Crippen LogP contribution in [-0.4, -0.2) is 69.5 Å². The predicted molar refractivity (Wildman–Crippen MR) is 78.9 cm³/mol. The summed E-state index contributed by atoms with van der Waals surface area (Å²) < 4.78 is 33.0. The molecule has 2 heterocycles. The number of nitrogens with one attached hydrogen (secondary N) is 1. The molecular formula is C13H25N3O4S. The molecule has 2 unspecified atom stereocenters. The van der Waals surface area contributed by atoms with Crippen LogP contribution in [0.1, 0.15) is 32.1 Å². The number of carbonyl (C=O) groups excluding carboxylic acids is 1. The molecule has 7 nitrogen and oxygen atoms in total. The standard InChI is InChI=1S/C13H25N3O4S/c1-15(8-6-13(17)20-2)21(18,19)14-11-5-9-16-7-3-4-12(16)10-11/h11-12,14H,3-10H2,1-2H3. The van der Waals surface area contributed by atoms with Crippen molar-refractivity contribution in [3.8, 4) is 0 Å². The Balaban J connectivity index is 1.84. The van der Waals surface area contributed by atoms with Gasteiger partial charge in [0.1, 0.15) is 0 Å². The lowest BCUT2D eigenvalue weighted by Crippen LogP contribution is -2.50. The molecule has 0 aromatic carbocycles. The molecule has 0 aromatic heterocycles. The van der Waals surface area contributed by atoms with E-state index in [0.717, 1.165) is 32.4 Å². The normalized spacial score (nSPS) is 26.8. The van der Waals surface area contributed by atoms with E-state index in [1.165, 1.54) is 24.9 Å². The minimum atomic E-state index is -3.54. The van der Waals surface area contributed by atoms with Crippen LogP contribution in [0.4, 0.5) is 0 Å². The highest BCUT2D eigenvalue weighted by atomic mass is 32.2. The molecule has 2 rings (SSSR count). The van der Waals surface area contributed by atoms with Gasteiger partial charge in [-0.2, -0.15) is 17.4 Å². The van der Waals surface area contributed by atoms with E-state index in [4.69, 9.17) is 0 Å². The molecule has 0 aliphatic carbocycles. The smallest absolute Gasteiger partial charge is 0.306 e. The maximum Gasteiger partial charge on any atom is 0.306 e.